The van der Waals surface area contributed by atoms with Crippen molar-refractivity contribution < 1.29 is 14.2 Å². The lowest BCUT2D eigenvalue weighted by Crippen LogP contribution is -2.35. The maximum Gasteiger partial charge on any atom is 0.141 e. The second-order valence-electron chi connectivity index (χ2n) is 3.94. The number of aromatic nitrogens is 1. The van der Waals surface area contributed by atoms with Gasteiger partial charge in [0.05, 0.1) is 11.8 Å². The molecule has 1 rings (SSSR count). The smallest absolute Gasteiger partial charge is 0.141 e. The fraction of sp³-hybridized carbons (Fsp3) is 0.583. The molecule has 3 nitrogen and oxygen atoms in total. The van der Waals surface area contributed by atoms with Crippen molar-refractivity contribution in [2.24, 2.45) is 0 Å². The fourth-order valence-corrected chi connectivity index (χ4v) is 1.63. The number of ether oxygens (including phenoxy) is 1. The number of halogens is 1. The lowest BCUT2D eigenvalue weighted by atomic mass is 9.91. The van der Waals surface area contributed by atoms with Crippen LogP contribution in [-0.4, -0.2) is 22.3 Å². The van der Waals surface area contributed by atoms with Gasteiger partial charge in [-0.2, -0.15) is 0 Å². The number of aliphatic hydroxyl groups excluding tert-OH is 1. The number of pyridine rings is 1. The second-order valence-corrected chi connectivity index (χ2v) is 3.94. The highest BCUT2D eigenvalue weighted by Crippen LogP contribution is 2.31. The minimum Gasteiger partial charge on any atom is -0.385 e. The van der Waals surface area contributed by atoms with E-state index in [4.69, 9.17) is 4.74 Å². The predicted molar refractivity (Wildman–Crippen MR) is 59.5 cm³/mol. The van der Waals surface area contributed by atoms with E-state index in [0.29, 0.717) is 18.6 Å². The number of hydrogen-bond acceptors (Lipinski definition) is 3. The van der Waals surface area contributed by atoms with Gasteiger partial charge in [0, 0.05) is 18.4 Å². The molecule has 0 saturated heterocycles. The van der Waals surface area contributed by atoms with Gasteiger partial charge < -0.3 is 9.84 Å². The molecule has 1 aromatic rings. The molecule has 0 radical (unpaired) electrons. The van der Waals surface area contributed by atoms with Gasteiger partial charge in [-0.05, 0) is 26.3 Å². The van der Waals surface area contributed by atoms with Gasteiger partial charge in [-0.3, -0.25) is 4.98 Å². The highest BCUT2D eigenvalue weighted by molar-refractivity contribution is 5.16. The Morgan fingerprint density at radius 1 is 1.50 bits per heavy atom. The molecule has 0 saturated carbocycles. The lowest BCUT2D eigenvalue weighted by Gasteiger charge is -2.33. The Balaban J connectivity index is 2.94. The number of aliphatic hydroxyl groups is 1. The van der Waals surface area contributed by atoms with E-state index in [1.54, 1.807) is 0 Å². The molecule has 1 heterocycles. The summed E-state index contributed by atoms with van der Waals surface area (Å²) in [5, 5.41) is 10.2. The van der Waals surface area contributed by atoms with Crippen LogP contribution in [0.4, 0.5) is 4.39 Å². The zero-order chi connectivity index (χ0) is 12.2. The largest absolute Gasteiger partial charge is 0.385 e. The molecule has 0 aliphatic rings. The summed E-state index contributed by atoms with van der Waals surface area (Å²) in [5.74, 6) is -0.452. The maximum absolute atomic E-state index is 13.0. The van der Waals surface area contributed by atoms with Crippen molar-refractivity contribution in [1.82, 2.24) is 4.98 Å². The van der Waals surface area contributed by atoms with E-state index < -0.39 is 17.5 Å². The van der Waals surface area contributed by atoms with Gasteiger partial charge in [0.15, 0.2) is 0 Å². The van der Waals surface area contributed by atoms with Gasteiger partial charge >= 0.3 is 0 Å². The molecule has 0 aromatic carbocycles. The molecule has 0 aliphatic carbocycles. The first-order valence-electron chi connectivity index (χ1n) is 5.46. The molecule has 90 valence electrons. The van der Waals surface area contributed by atoms with Crippen LogP contribution in [0.3, 0.4) is 0 Å². The third kappa shape index (κ3) is 2.77. The SMILES string of the molecule is CCOC(C)(CC)C(O)c1cncc(F)c1. The number of nitrogens with zero attached hydrogens (tertiary/aromatic N) is 1. The van der Waals surface area contributed by atoms with Crippen molar-refractivity contribution in [1.29, 1.82) is 0 Å². The Kier molecular flexibility index (Phi) is 4.38. The minimum atomic E-state index is -0.874. The Morgan fingerprint density at radius 2 is 2.19 bits per heavy atom. The normalized spacial score (nSPS) is 16.8. The standard InChI is InChI=1S/C12H18FNO2/c1-4-12(3,16-5-2)11(15)9-6-10(13)8-14-7-9/h6-8,11,15H,4-5H2,1-3H3. The van der Waals surface area contributed by atoms with Gasteiger partial charge in [0.2, 0.25) is 0 Å². The van der Waals surface area contributed by atoms with Crippen LogP contribution in [-0.2, 0) is 4.74 Å². The molecule has 0 spiro atoms. The molecular weight excluding hydrogens is 209 g/mol. The summed E-state index contributed by atoms with van der Waals surface area (Å²) < 4.78 is 18.5. The zero-order valence-corrected chi connectivity index (χ0v) is 9.90. The van der Waals surface area contributed by atoms with Crippen LogP contribution < -0.4 is 0 Å². The van der Waals surface area contributed by atoms with Crippen LogP contribution in [0, 0.1) is 5.82 Å². The van der Waals surface area contributed by atoms with Crippen LogP contribution in [0.1, 0.15) is 38.9 Å². The third-order valence-electron chi connectivity index (χ3n) is 2.80. The topological polar surface area (TPSA) is 42.4 Å². The number of rotatable bonds is 5. The summed E-state index contributed by atoms with van der Waals surface area (Å²) in [6.45, 7) is 6.10. The fourth-order valence-electron chi connectivity index (χ4n) is 1.63. The molecule has 0 bridgehead atoms. The zero-order valence-electron chi connectivity index (χ0n) is 9.90. The summed E-state index contributed by atoms with van der Waals surface area (Å²) in [5.41, 5.74) is -0.262. The van der Waals surface area contributed by atoms with Gasteiger partial charge in [0.1, 0.15) is 11.9 Å². The number of hydrogen-bond donors (Lipinski definition) is 1. The van der Waals surface area contributed by atoms with Crippen molar-refractivity contribution in [2.45, 2.75) is 38.9 Å². The summed E-state index contributed by atoms with van der Waals surface area (Å²) in [6, 6.07) is 1.28. The first-order chi connectivity index (χ1) is 7.53. The quantitative estimate of drug-likeness (QED) is 0.840. The van der Waals surface area contributed by atoms with Gasteiger partial charge in [0.25, 0.3) is 0 Å². The van der Waals surface area contributed by atoms with E-state index in [-0.39, 0.29) is 0 Å². The first kappa shape index (κ1) is 13.1. The summed E-state index contributed by atoms with van der Waals surface area (Å²) in [6.07, 6.45) is 2.33. The van der Waals surface area contributed by atoms with E-state index in [9.17, 15) is 9.50 Å². The monoisotopic (exact) mass is 227 g/mol. The molecule has 1 aromatic heterocycles. The van der Waals surface area contributed by atoms with Crippen molar-refractivity contribution >= 4 is 0 Å². The molecule has 0 fully saturated rings. The molecule has 1 N–H and O–H groups in total. The van der Waals surface area contributed by atoms with Crippen molar-refractivity contribution in [3.8, 4) is 0 Å². The van der Waals surface area contributed by atoms with E-state index in [0.717, 1.165) is 6.20 Å². The predicted octanol–water partition coefficient (Wildman–Crippen LogP) is 2.46. The van der Waals surface area contributed by atoms with Crippen LogP contribution in [0.5, 0.6) is 0 Å². The molecular formula is C12H18FNO2. The molecule has 2 atom stereocenters. The van der Waals surface area contributed by atoms with E-state index in [2.05, 4.69) is 4.98 Å². The Labute approximate surface area is 95.3 Å². The minimum absolute atomic E-state index is 0.442. The van der Waals surface area contributed by atoms with Crippen LogP contribution >= 0.6 is 0 Å². The molecule has 0 amide bonds. The van der Waals surface area contributed by atoms with Gasteiger partial charge in [-0.25, -0.2) is 4.39 Å². The first-order valence-corrected chi connectivity index (χ1v) is 5.46. The van der Waals surface area contributed by atoms with Crippen LogP contribution in [0.25, 0.3) is 0 Å². The second kappa shape index (κ2) is 5.37. The average Bonchev–Trinajstić information content (AvgIpc) is 2.28. The highest BCUT2D eigenvalue weighted by Gasteiger charge is 2.33. The maximum atomic E-state index is 13.0. The lowest BCUT2D eigenvalue weighted by molar-refractivity contribution is -0.113. The van der Waals surface area contributed by atoms with Crippen LogP contribution in [0.15, 0.2) is 18.5 Å². The highest BCUT2D eigenvalue weighted by atomic mass is 19.1. The van der Waals surface area contributed by atoms with Gasteiger partial charge in [-0.1, -0.05) is 6.92 Å². The summed E-state index contributed by atoms with van der Waals surface area (Å²) in [4.78, 5) is 3.72. The Morgan fingerprint density at radius 3 is 2.69 bits per heavy atom. The van der Waals surface area contributed by atoms with E-state index >= 15 is 0 Å². The molecule has 0 aliphatic heterocycles. The van der Waals surface area contributed by atoms with Gasteiger partial charge in [-0.15, -0.1) is 0 Å². The summed E-state index contributed by atoms with van der Waals surface area (Å²) >= 11 is 0. The Bertz CT molecular complexity index is 346. The molecule has 4 heteroatoms. The molecule has 16 heavy (non-hydrogen) atoms. The van der Waals surface area contributed by atoms with E-state index in [1.165, 1.54) is 12.3 Å². The molecule has 2 unspecified atom stereocenters. The summed E-state index contributed by atoms with van der Waals surface area (Å²) in [7, 11) is 0. The third-order valence-corrected chi connectivity index (χ3v) is 2.80. The van der Waals surface area contributed by atoms with Crippen molar-refractivity contribution in [3.63, 3.8) is 0 Å². The Hall–Kier alpha value is -1.00. The van der Waals surface area contributed by atoms with E-state index in [1.807, 2.05) is 20.8 Å². The van der Waals surface area contributed by atoms with Crippen molar-refractivity contribution in [3.05, 3.63) is 29.8 Å². The van der Waals surface area contributed by atoms with Crippen LogP contribution in [0.2, 0.25) is 0 Å². The average molecular weight is 227 g/mol. The van der Waals surface area contributed by atoms with Crippen molar-refractivity contribution in [2.75, 3.05) is 6.61 Å².